The average molecular weight is 384 g/mol. The van der Waals surface area contributed by atoms with Gasteiger partial charge in [0.1, 0.15) is 0 Å². The predicted octanol–water partition coefficient (Wildman–Crippen LogP) is 5.87. The van der Waals surface area contributed by atoms with Crippen LogP contribution in [0.15, 0.2) is 17.4 Å². The number of aromatic nitrogens is 2. The van der Waals surface area contributed by atoms with Gasteiger partial charge in [-0.3, -0.25) is 4.40 Å². The molecular weight excluding hydrogens is 367 g/mol. The smallest absolute Gasteiger partial charge is 0.280 e. The maximum atomic E-state index is 13.2. The molecule has 2 heterocycles. The van der Waals surface area contributed by atoms with E-state index in [-0.39, 0.29) is 21.9 Å². The zero-order valence-corrected chi connectivity index (χ0v) is 14.6. The highest BCUT2D eigenvalue weighted by Crippen LogP contribution is 2.61. The van der Waals surface area contributed by atoms with Gasteiger partial charge in [0, 0.05) is 11.6 Å². The van der Waals surface area contributed by atoms with Gasteiger partial charge in [0.2, 0.25) is 5.82 Å². The number of nitroso groups, excluding NO2 is 1. The first-order valence-electron chi connectivity index (χ1n) is 8.92. The lowest BCUT2D eigenvalue weighted by molar-refractivity contribution is -0.137. The molecule has 4 aliphatic rings. The second kappa shape index (κ2) is 5.21. The van der Waals surface area contributed by atoms with E-state index in [0.29, 0.717) is 23.4 Å². The van der Waals surface area contributed by atoms with Crippen LogP contribution in [0, 0.1) is 22.7 Å². The molecule has 4 aliphatic carbocycles. The predicted molar refractivity (Wildman–Crippen MR) is 90.5 cm³/mol. The van der Waals surface area contributed by atoms with E-state index in [4.69, 9.17) is 11.6 Å². The Labute approximate surface area is 152 Å². The van der Waals surface area contributed by atoms with Gasteiger partial charge in [0.05, 0.1) is 16.3 Å². The normalized spacial score (nSPS) is 33.2. The molecule has 4 nitrogen and oxygen atoms in total. The maximum Gasteiger partial charge on any atom is 0.417 e. The molecule has 8 heteroatoms. The van der Waals surface area contributed by atoms with Crippen LogP contribution in [0.3, 0.4) is 0 Å². The Hall–Kier alpha value is -1.63. The van der Waals surface area contributed by atoms with Crippen molar-refractivity contribution in [3.63, 3.8) is 0 Å². The second-order valence-electron chi connectivity index (χ2n) is 8.34. The first-order valence-corrected chi connectivity index (χ1v) is 9.29. The van der Waals surface area contributed by atoms with E-state index >= 15 is 0 Å². The minimum absolute atomic E-state index is 0.0186. The quantitative estimate of drug-likeness (QED) is 0.608. The summed E-state index contributed by atoms with van der Waals surface area (Å²) in [6, 6.07) is 0.863. The number of alkyl halides is 3. The summed E-state index contributed by atoms with van der Waals surface area (Å²) in [6.07, 6.45) is 2.80. The third kappa shape index (κ3) is 2.25. The monoisotopic (exact) mass is 383 g/mol. The van der Waals surface area contributed by atoms with Crippen LogP contribution in [0.2, 0.25) is 5.02 Å². The van der Waals surface area contributed by atoms with E-state index in [1.165, 1.54) is 19.3 Å². The van der Waals surface area contributed by atoms with E-state index in [1.807, 2.05) is 0 Å². The zero-order chi connectivity index (χ0) is 18.3. The van der Waals surface area contributed by atoms with Crippen LogP contribution < -0.4 is 0 Å². The molecule has 0 amide bonds. The molecule has 2 aromatic heterocycles. The largest absolute Gasteiger partial charge is 0.417 e. The molecule has 0 spiro atoms. The number of rotatable bonds is 2. The maximum absolute atomic E-state index is 13.2. The number of hydrogen-bond acceptors (Lipinski definition) is 3. The van der Waals surface area contributed by atoms with Gasteiger partial charge >= 0.3 is 6.18 Å². The number of pyridine rings is 1. The SMILES string of the molecule is O=Nc1c(C23CC4CC(CC(C4)C2)C3)nc2c(Cl)cc(C(F)(F)F)cn12. The highest BCUT2D eigenvalue weighted by atomic mass is 35.5. The van der Waals surface area contributed by atoms with E-state index in [1.54, 1.807) is 0 Å². The lowest BCUT2D eigenvalue weighted by Gasteiger charge is -2.56. The summed E-state index contributed by atoms with van der Waals surface area (Å²) in [4.78, 5) is 16.2. The van der Waals surface area contributed by atoms with Gasteiger partial charge < -0.3 is 0 Å². The summed E-state index contributed by atoms with van der Waals surface area (Å²) in [5, 5.41) is 2.99. The molecule has 4 saturated carbocycles. The van der Waals surface area contributed by atoms with E-state index in [0.717, 1.165) is 35.9 Å². The highest BCUT2D eigenvalue weighted by Gasteiger charge is 2.54. The van der Waals surface area contributed by atoms with Crippen LogP contribution in [0.25, 0.3) is 5.65 Å². The standard InChI is InChI=1S/C18H17ClF3N3O/c19-13-4-12(18(20,21)22)8-25-15(13)23-14(16(25)24-26)17-5-9-1-10(6-17)3-11(2-9)7-17/h4,8-11H,1-3,5-7H2. The van der Waals surface area contributed by atoms with Crippen molar-refractivity contribution in [3.05, 3.63) is 33.5 Å². The van der Waals surface area contributed by atoms with Crippen molar-refractivity contribution in [2.45, 2.75) is 50.1 Å². The third-order valence-corrected chi connectivity index (χ3v) is 6.88. The molecule has 4 bridgehead atoms. The Bertz CT molecular complexity index is 885. The van der Waals surface area contributed by atoms with Gasteiger partial charge in [0.25, 0.3) is 0 Å². The fourth-order valence-corrected chi connectivity index (χ4v) is 6.34. The lowest BCUT2D eigenvalue weighted by atomic mass is 9.49. The van der Waals surface area contributed by atoms with Crippen LogP contribution in [-0.2, 0) is 11.6 Å². The van der Waals surface area contributed by atoms with Crippen LogP contribution in [0.5, 0.6) is 0 Å². The molecule has 0 saturated heterocycles. The fraction of sp³-hybridized carbons (Fsp3) is 0.611. The molecule has 0 aliphatic heterocycles. The summed E-state index contributed by atoms with van der Waals surface area (Å²) in [7, 11) is 0. The van der Waals surface area contributed by atoms with Crippen molar-refractivity contribution in [2.24, 2.45) is 22.9 Å². The number of halogens is 4. The van der Waals surface area contributed by atoms with Crippen LogP contribution in [0.4, 0.5) is 19.0 Å². The first kappa shape index (κ1) is 16.5. The summed E-state index contributed by atoms with van der Waals surface area (Å²) in [5.41, 5.74) is -0.423. The third-order valence-electron chi connectivity index (χ3n) is 6.60. The van der Waals surface area contributed by atoms with E-state index in [9.17, 15) is 18.1 Å². The molecule has 0 atom stereocenters. The summed E-state index contributed by atoms with van der Waals surface area (Å²) in [6.45, 7) is 0. The number of imidazole rings is 1. The van der Waals surface area contributed by atoms with Crippen molar-refractivity contribution in [3.8, 4) is 0 Å². The fourth-order valence-electron chi connectivity index (χ4n) is 6.09. The molecule has 4 fully saturated rings. The van der Waals surface area contributed by atoms with Crippen LogP contribution in [-0.4, -0.2) is 9.38 Å². The molecular formula is C18H17ClF3N3O. The molecule has 6 rings (SSSR count). The Morgan fingerprint density at radius 1 is 1.15 bits per heavy atom. The Morgan fingerprint density at radius 2 is 1.73 bits per heavy atom. The molecule has 0 radical (unpaired) electrons. The molecule has 0 aromatic carbocycles. The minimum atomic E-state index is -4.55. The van der Waals surface area contributed by atoms with Crippen molar-refractivity contribution < 1.29 is 13.2 Å². The highest BCUT2D eigenvalue weighted by molar-refractivity contribution is 6.33. The Kier molecular flexibility index (Phi) is 3.31. The van der Waals surface area contributed by atoms with Gasteiger partial charge in [0.15, 0.2) is 5.65 Å². The second-order valence-corrected chi connectivity index (χ2v) is 8.75. The van der Waals surface area contributed by atoms with Crippen molar-refractivity contribution in [1.82, 2.24) is 9.38 Å². The van der Waals surface area contributed by atoms with Crippen molar-refractivity contribution in [2.75, 3.05) is 0 Å². The van der Waals surface area contributed by atoms with Gasteiger partial charge in [-0.2, -0.15) is 13.2 Å². The molecule has 26 heavy (non-hydrogen) atoms. The zero-order valence-electron chi connectivity index (χ0n) is 13.9. The lowest BCUT2D eigenvalue weighted by Crippen LogP contribution is -2.48. The summed E-state index contributed by atoms with van der Waals surface area (Å²) < 4.78 is 40.6. The van der Waals surface area contributed by atoms with Gasteiger partial charge in [-0.25, -0.2) is 4.98 Å². The number of nitrogens with zero attached hydrogens (tertiary/aromatic N) is 3. The molecule has 2 aromatic rings. The summed E-state index contributed by atoms with van der Waals surface area (Å²) >= 11 is 6.09. The topological polar surface area (TPSA) is 46.7 Å². The Morgan fingerprint density at radius 3 is 2.23 bits per heavy atom. The number of hydrogen-bond donors (Lipinski definition) is 0. The van der Waals surface area contributed by atoms with Crippen molar-refractivity contribution in [1.29, 1.82) is 0 Å². The average Bonchev–Trinajstić information content (AvgIpc) is 2.92. The molecule has 0 N–H and O–H groups in total. The summed E-state index contributed by atoms with van der Waals surface area (Å²) in [5.74, 6) is 1.83. The minimum Gasteiger partial charge on any atom is -0.280 e. The Balaban J connectivity index is 1.72. The van der Waals surface area contributed by atoms with Crippen LogP contribution in [0.1, 0.15) is 49.8 Å². The van der Waals surface area contributed by atoms with Gasteiger partial charge in [-0.15, -0.1) is 4.91 Å². The first-order chi connectivity index (χ1) is 12.3. The molecule has 0 unspecified atom stereocenters. The van der Waals surface area contributed by atoms with E-state index < -0.39 is 11.7 Å². The van der Waals surface area contributed by atoms with Crippen LogP contribution >= 0.6 is 11.6 Å². The molecule has 138 valence electrons. The van der Waals surface area contributed by atoms with Gasteiger partial charge in [-0.1, -0.05) is 11.6 Å². The number of fused-ring (bicyclic) bond motifs is 1. The van der Waals surface area contributed by atoms with Gasteiger partial charge in [-0.05, 0) is 67.5 Å². The van der Waals surface area contributed by atoms with Crippen molar-refractivity contribution >= 4 is 23.1 Å². The van der Waals surface area contributed by atoms with E-state index in [2.05, 4.69) is 10.2 Å².